The Morgan fingerprint density at radius 3 is 3.09 bits per heavy atom. The molecule has 0 saturated carbocycles. The minimum atomic E-state index is -0.365. The Bertz CT molecular complexity index is 802. The van der Waals surface area contributed by atoms with Gasteiger partial charge in [-0.1, -0.05) is 12.1 Å². The Labute approximate surface area is 128 Å². The molecule has 4 rings (SSSR count). The van der Waals surface area contributed by atoms with Crippen molar-refractivity contribution in [3.05, 3.63) is 35.5 Å². The van der Waals surface area contributed by atoms with Gasteiger partial charge in [0.2, 0.25) is 0 Å². The number of rotatable bonds is 0. The number of benzene rings is 1. The van der Waals surface area contributed by atoms with Crippen LogP contribution in [-0.4, -0.2) is 35.3 Å². The van der Waals surface area contributed by atoms with Gasteiger partial charge in [0, 0.05) is 30.1 Å². The topological polar surface area (TPSA) is 58.3 Å². The molecule has 0 unspecified atom stereocenters. The number of methoxy groups -OCH3 is 1. The molecule has 1 aromatic carbocycles. The van der Waals surface area contributed by atoms with Gasteiger partial charge in [-0.2, -0.15) is 5.26 Å². The lowest BCUT2D eigenvalue weighted by atomic mass is 9.75. The number of aromatic nitrogens is 1. The zero-order valence-electron chi connectivity index (χ0n) is 12.5. The Balaban J connectivity index is 1.92. The lowest BCUT2D eigenvalue weighted by Gasteiger charge is -2.41. The maximum Gasteiger partial charge on any atom is 0.418 e. The van der Waals surface area contributed by atoms with Crippen molar-refractivity contribution in [1.29, 1.82) is 5.26 Å². The van der Waals surface area contributed by atoms with Crippen molar-refractivity contribution >= 4 is 17.0 Å². The van der Waals surface area contributed by atoms with E-state index in [0.29, 0.717) is 5.92 Å². The molecule has 0 amide bonds. The number of hydrogen-bond donors (Lipinski definition) is 0. The van der Waals surface area contributed by atoms with E-state index in [9.17, 15) is 10.1 Å². The van der Waals surface area contributed by atoms with Crippen LogP contribution < -0.4 is 0 Å². The summed E-state index contributed by atoms with van der Waals surface area (Å²) in [6.45, 7) is 0.834. The SMILES string of the molecule is COC(=O)n1cc2c3c(cccc31)[C@H]1CCCN(C#N)[C@@H]1C2. The molecule has 2 atom stereocenters. The van der Waals surface area contributed by atoms with Crippen molar-refractivity contribution in [2.24, 2.45) is 0 Å². The zero-order valence-corrected chi connectivity index (χ0v) is 12.5. The summed E-state index contributed by atoms with van der Waals surface area (Å²) in [4.78, 5) is 13.9. The van der Waals surface area contributed by atoms with Crippen LogP contribution >= 0.6 is 0 Å². The summed E-state index contributed by atoms with van der Waals surface area (Å²) >= 11 is 0. The van der Waals surface area contributed by atoms with E-state index in [1.807, 2.05) is 23.2 Å². The van der Waals surface area contributed by atoms with Crippen molar-refractivity contribution in [1.82, 2.24) is 9.47 Å². The molecule has 0 N–H and O–H groups in total. The molecule has 5 heteroatoms. The van der Waals surface area contributed by atoms with E-state index in [1.165, 1.54) is 18.1 Å². The standard InChI is InChI=1S/C17H17N3O2/c1-22-17(21)20-9-11-8-15-12(5-3-7-19(15)10-18)13-4-2-6-14(20)16(11)13/h2,4,6,9,12,15H,3,5,7-8H2,1H3/t12-,15-/m1/s1. The highest BCUT2D eigenvalue weighted by molar-refractivity contribution is 5.95. The second-order valence-corrected chi connectivity index (χ2v) is 6.05. The number of ether oxygens (including phenoxy) is 1. The molecule has 112 valence electrons. The summed E-state index contributed by atoms with van der Waals surface area (Å²) in [5.74, 6) is 0.373. The molecule has 1 saturated heterocycles. The van der Waals surface area contributed by atoms with Crippen LogP contribution in [-0.2, 0) is 11.2 Å². The van der Waals surface area contributed by atoms with Crippen LogP contribution in [0.15, 0.2) is 24.4 Å². The summed E-state index contributed by atoms with van der Waals surface area (Å²) in [6, 6.07) is 6.31. The second kappa shape index (κ2) is 4.77. The number of piperidine rings is 1. The normalized spacial score (nSPS) is 23.0. The van der Waals surface area contributed by atoms with Gasteiger partial charge in [0.1, 0.15) is 0 Å². The number of likely N-dealkylation sites (tertiary alicyclic amines) is 1. The molecule has 2 aromatic rings. The molecule has 1 fully saturated rings. The highest BCUT2D eigenvalue weighted by Crippen LogP contribution is 2.43. The molecular formula is C17H17N3O2. The molecule has 0 spiro atoms. The summed E-state index contributed by atoms with van der Waals surface area (Å²) in [5, 5.41) is 10.6. The quantitative estimate of drug-likeness (QED) is 0.701. The Hall–Kier alpha value is -2.48. The van der Waals surface area contributed by atoms with E-state index in [0.717, 1.165) is 36.9 Å². The fourth-order valence-corrected chi connectivity index (χ4v) is 4.13. The lowest BCUT2D eigenvalue weighted by Crippen LogP contribution is -2.44. The Kier molecular flexibility index (Phi) is 2.86. The van der Waals surface area contributed by atoms with Gasteiger partial charge in [-0.05, 0) is 36.5 Å². The predicted molar refractivity (Wildman–Crippen MR) is 81.5 cm³/mol. The molecule has 0 radical (unpaired) electrons. The van der Waals surface area contributed by atoms with Crippen LogP contribution in [0.3, 0.4) is 0 Å². The van der Waals surface area contributed by atoms with Crippen molar-refractivity contribution in [3.63, 3.8) is 0 Å². The van der Waals surface area contributed by atoms with Gasteiger partial charge in [-0.15, -0.1) is 0 Å². The van der Waals surface area contributed by atoms with Crippen molar-refractivity contribution in [2.45, 2.75) is 31.2 Å². The average molecular weight is 295 g/mol. The van der Waals surface area contributed by atoms with Gasteiger partial charge in [0.25, 0.3) is 0 Å². The Morgan fingerprint density at radius 2 is 2.32 bits per heavy atom. The average Bonchev–Trinajstić information content (AvgIpc) is 2.94. The van der Waals surface area contributed by atoms with Gasteiger partial charge in [-0.3, -0.25) is 4.57 Å². The summed E-state index contributed by atoms with van der Waals surface area (Å²) in [7, 11) is 1.40. The van der Waals surface area contributed by atoms with Crippen LogP contribution in [0.25, 0.3) is 10.9 Å². The molecular weight excluding hydrogens is 278 g/mol. The van der Waals surface area contributed by atoms with E-state index in [1.54, 1.807) is 4.57 Å². The van der Waals surface area contributed by atoms with Gasteiger partial charge < -0.3 is 9.64 Å². The first-order valence-corrected chi connectivity index (χ1v) is 7.62. The zero-order chi connectivity index (χ0) is 15.3. The third kappa shape index (κ3) is 1.67. The highest BCUT2D eigenvalue weighted by atomic mass is 16.5. The Morgan fingerprint density at radius 1 is 1.45 bits per heavy atom. The first-order valence-electron chi connectivity index (χ1n) is 7.62. The van der Waals surface area contributed by atoms with Crippen LogP contribution in [0, 0.1) is 11.5 Å². The smallest absolute Gasteiger partial charge is 0.418 e. The summed E-state index contributed by atoms with van der Waals surface area (Å²) in [5.41, 5.74) is 3.32. The third-order valence-electron chi connectivity index (χ3n) is 5.05. The minimum absolute atomic E-state index is 0.213. The minimum Gasteiger partial charge on any atom is -0.452 e. The molecule has 22 heavy (non-hydrogen) atoms. The lowest BCUT2D eigenvalue weighted by molar-refractivity contribution is 0.174. The van der Waals surface area contributed by atoms with Crippen LogP contribution in [0.1, 0.15) is 29.9 Å². The van der Waals surface area contributed by atoms with Gasteiger partial charge in [0.05, 0.1) is 12.6 Å². The number of carbonyl (C=O) groups is 1. The molecule has 5 nitrogen and oxygen atoms in total. The number of nitrogens with zero attached hydrogens (tertiary/aromatic N) is 3. The van der Waals surface area contributed by atoms with Crippen LogP contribution in [0.4, 0.5) is 4.79 Å². The number of hydrogen-bond acceptors (Lipinski definition) is 4. The maximum absolute atomic E-state index is 12.0. The third-order valence-corrected chi connectivity index (χ3v) is 5.05. The van der Waals surface area contributed by atoms with Crippen molar-refractivity contribution < 1.29 is 9.53 Å². The molecule has 2 heterocycles. The van der Waals surface area contributed by atoms with Gasteiger partial charge in [0.15, 0.2) is 6.19 Å². The molecule has 1 aromatic heterocycles. The van der Waals surface area contributed by atoms with Crippen molar-refractivity contribution in [3.8, 4) is 6.19 Å². The molecule has 1 aliphatic carbocycles. The predicted octanol–water partition coefficient (Wildman–Crippen LogP) is 2.84. The van der Waals surface area contributed by atoms with E-state index < -0.39 is 0 Å². The van der Waals surface area contributed by atoms with E-state index in [4.69, 9.17) is 4.74 Å². The molecule has 0 bridgehead atoms. The first-order chi connectivity index (χ1) is 10.7. The summed E-state index contributed by atoms with van der Waals surface area (Å²) < 4.78 is 6.47. The van der Waals surface area contributed by atoms with E-state index >= 15 is 0 Å². The van der Waals surface area contributed by atoms with Crippen LogP contribution in [0.5, 0.6) is 0 Å². The second-order valence-electron chi connectivity index (χ2n) is 6.05. The molecule has 2 aliphatic rings. The number of nitriles is 1. The summed E-state index contributed by atoms with van der Waals surface area (Å²) in [6.07, 6.45) is 6.81. The monoisotopic (exact) mass is 295 g/mol. The highest BCUT2D eigenvalue weighted by Gasteiger charge is 2.38. The van der Waals surface area contributed by atoms with E-state index in [2.05, 4.69) is 12.3 Å². The number of fused-ring (bicyclic) bond motifs is 2. The van der Waals surface area contributed by atoms with Gasteiger partial charge in [-0.25, -0.2) is 4.79 Å². The van der Waals surface area contributed by atoms with Gasteiger partial charge >= 0.3 is 6.09 Å². The maximum atomic E-state index is 12.0. The molecule has 1 aliphatic heterocycles. The van der Waals surface area contributed by atoms with E-state index in [-0.39, 0.29) is 12.1 Å². The fourth-order valence-electron chi connectivity index (χ4n) is 4.13. The first kappa shape index (κ1) is 13.2. The van der Waals surface area contributed by atoms with Crippen LogP contribution in [0.2, 0.25) is 0 Å². The fraction of sp³-hybridized carbons (Fsp3) is 0.412. The van der Waals surface area contributed by atoms with Crippen molar-refractivity contribution in [2.75, 3.05) is 13.7 Å². The number of carbonyl (C=O) groups excluding carboxylic acids is 1. The largest absolute Gasteiger partial charge is 0.452 e.